The summed E-state index contributed by atoms with van der Waals surface area (Å²) in [6, 6.07) is 15.3. The molecule has 0 heterocycles. The molecule has 0 atom stereocenters. The smallest absolute Gasteiger partial charge is 0.407 e. The number of benzene rings is 2. The quantitative estimate of drug-likeness (QED) is 0.290. The van der Waals surface area contributed by atoms with Crippen LogP contribution in [0, 0.1) is 3.57 Å². The molecule has 0 unspecified atom stereocenters. The Kier molecular flexibility index (Phi) is 8.71. The fourth-order valence-corrected chi connectivity index (χ4v) is 3.17. The topological polar surface area (TPSA) is 76.7 Å². The van der Waals surface area contributed by atoms with E-state index in [2.05, 4.69) is 33.2 Å². The van der Waals surface area contributed by atoms with Gasteiger partial charge < -0.3 is 20.1 Å². The minimum absolute atomic E-state index is 0.236. The van der Waals surface area contributed by atoms with Crippen molar-refractivity contribution >= 4 is 40.3 Å². The van der Waals surface area contributed by atoms with E-state index in [4.69, 9.17) is 9.47 Å². The van der Waals surface area contributed by atoms with Gasteiger partial charge in [-0.1, -0.05) is 36.4 Å². The van der Waals surface area contributed by atoms with Crippen LogP contribution in [0.5, 0.6) is 0 Å². The third-order valence-electron chi connectivity index (χ3n) is 3.76. The van der Waals surface area contributed by atoms with E-state index in [0.29, 0.717) is 12.2 Å². The highest BCUT2D eigenvalue weighted by molar-refractivity contribution is 14.1. The van der Waals surface area contributed by atoms with Gasteiger partial charge in [0, 0.05) is 21.9 Å². The highest BCUT2D eigenvalue weighted by Gasteiger charge is 2.15. The Labute approximate surface area is 191 Å². The van der Waals surface area contributed by atoms with Crippen molar-refractivity contribution in [2.45, 2.75) is 46.4 Å². The van der Waals surface area contributed by atoms with E-state index in [1.54, 1.807) is 6.92 Å². The summed E-state index contributed by atoms with van der Waals surface area (Å²) in [5, 5.41) is 5.94. The minimum Gasteiger partial charge on any atom is -0.458 e. The molecular weight excluding hydrogens is 495 g/mol. The second-order valence-electron chi connectivity index (χ2n) is 7.72. The van der Waals surface area contributed by atoms with Gasteiger partial charge in [-0.3, -0.25) is 0 Å². The highest BCUT2D eigenvalue weighted by Crippen LogP contribution is 2.21. The fraction of sp³-hybridized carbons (Fsp3) is 0.304. The predicted octanol–water partition coefficient (Wildman–Crippen LogP) is 5.38. The minimum atomic E-state index is -0.529. The third-order valence-corrected chi connectivity index (χ3v) is 4.65. The number of rotatable bonds is 7. The fourth-order valence-electron chi connectivity index (χ4n) is 2.45. The molecule has 7 heteroatoms. The average molecular weight is 522 g/mol. The lowest BCUT2D eigenvalue weighted by molar-refractivity contribution is -0.139. The highest BCUT2D eigenvalue weighted by atomic mass is 127. The molecular formula is C23H27IN2O4. The lowest BCUT2D eigenvalue weighted by Gasteiger charge is -2.19. The van der Waals surface area contributed by atoms with Gasteiger partial charge in [-0.15, -0.1) is 0 Å². The number of carbonyl (C=O) groups excluding carboxylic acids is 2. The number of anilines is 1. The molecule has 2 aromatic rings. The maximum absolute atomic E-state index is 12.0. The Morgan fingerprint density at radius 2 is 1.77 bits per heavy atom. The van der Waals surface area contributed by atoms with Crippen LogP contribution in [0.4, 0.5) is 10.5 Å². The van der Waals surface area contributed by atoms with Crippen LogP contribution in [0.3, 0.4) is 0 Å². The number of ether oxygens (including phenoxy) is 2. The first kappa shape index (κ1) is 23.7. The van der Waals surface area contributed by atoms with E-state index in [1.807, 2.05) is 69.3 Å². The van der Waals surface area contributed by atoms with Crippen LogP contribution in [-0.2, 0) is 27.4 Å². The molecule has 160 valence electrons. The van der Waals surface area contributed by atoms with Crippen LogP contribution in [0.1, 0.15) is 38.8 Å². The molecule has 2 aromatic carbocycles. The standard InChI is InChI=1S/C23H27IN2O4/c1-16(12-21(27)29-15-17-8-6-5-7-9-17)26-20-11-10-18(13-19(20)24)14-25-22(28)30-23(2,3)4/h5-13,26H,14-15H2,1-4H3,(H,25,28)/b16-12-. The molecule has 1 amide bonds. The van der Waals surface area contributed by atoms with E-state index in [-0.39, 0.29) is 6.61 Å². The zero-order valence-corrected chi connectivity index (χ0v) is 19.8. The molecule has 0 aliphatic heterocycles. The van der Waals surface area contributed by atoms with Gasteiger partial charge in [0.1, 0.15) is 12.2 Å². The van der Waals surface area contributed by atoms with E-state index < -0.39 is 17.7 Å². The Morgan fingerprint density at radius 3 is 2.40 bits per heavy atom. The van der Waals surface area contributed by atoms with E-state index >= 15 is 0 Å². The number of carbonyl (C=O) groups is 2. The maximum atomic E-state index is 12.0. The van der Waals surface area contributed by atoms with E-state index in [0.717, 1.165) is 20.4 Å². The monoisotopic (exact) mass is 522 g/mol. The number of nitrogens with one attached hydrogen (secondary N) is 2. The summed E-state index contributed by atoms with van der Waals surface area (Å²) in [4.78, 5) is 23.8. The third kappa shape index (κ3) is 8.86. The summed E-state index contributed by atoms with van der Waals surface area (Å²) < 4.78 is 11.5. The van der Waals surface area contributed by atoms with E-state index in [9.17, 15) is 9.59 Å². The van der Waals surface area contributed by atoms with Crippen molar-refractivity contribution in [2.75, 3.05) is 5.32 Å². The van der Waals surface area contributed by atoms with Crippen LogP contribution in [0.2, 0.25) is 0 Å². The number of allylic oxidation sites excluding steroid dienone is 1. The molecule has 30 heavy (non-hydrogen) atoms. The molecule has 2 N–H and O–H groups in total. The van der Waals surface area contributed by atoms with Crippen LogP contribution < -0.4 is 10.6 Å². The first-order chi connectivity index (χ1) is 14.1. The van der Waals surface area contributed by atoms with Gasteiger partial charge in [0.25, 0.3) is 0 Å². The molecule has 0 radical (unpaired) electrons. The average Bonchev–Trinajstić information content (AvgIpc) is 2.66. The zero-order chi connectivity index (χ0) is 22.1. The number of esters is 1. The lowest BCUT2D eigenvalue weighted by Crippen LogP contribution is -2.32. The van der Waals surface area contributed by atoms with Gasteiger partial charge >= 0.3 is 12.1 Å². The molecule has 0 aliphatic carbocycles. The van der Waals surface area contributed by atoms with Gasteiger partial charge in [-0.25, -0.2) is 9.59 Å². The molecule has 0 saturated carbocycles. The first-order valence-electron chi connectivity index (χ1n) is 9.54. The van der Waals surface area contributed by atoms with Crippen LogP contribution in [0.15, 0.2) is 60.3 Å². The number of hydrogen-bond acceptors (Lipinski definition) is 5. The van der Waals surface area contributed by atoms with Crippen molar-refractivity contribution in [3.05, 3.63) is 75.0 Å². The predicted molar refractivity (Wildman–Crippen MR) is 126 cm³/mol. The Hall–Kier alpha value is -2.55. The molecule has 0 aromatic heterocycles. The summed E-state index contributed by atoms with van der Waals surface area (Å²) in [7, 11) is 0. The largest absolute Gasteiger partial charge is 0.458 e. The number of alkyl carbamates (subject to hydrolysis) is 1. The van der Waals surface area contributed by atoms with Crippen LogP contribution in [-0.4, -0.2) is 17.7 Å². The number of amides is 1. The van der Waals surface area contributed by atoms with Crippen molar-refractivity contribution < 1.29 is 19.1 Å². The molecule has 0 saturated heterocycles. The SMILES string of the molecule is C/C(=C/C(=O)OCc1ccccc1)Nc1ccc(CNC(=O)OC(C)(C)C)cc1I. The second-order valence-corrected chi connectivity index (χ2v) is 8.88. The Bertz CT molecular complexity index is 905. The van der Waals surface area contributed by atoms with Crippen LogP contribution >= 0.6 is 22.6 Å². The van der Waals surface area contributed by atoms with Crippen molar-refractivity contribution in [3.8, 4) is 0 Å². The van der Waals surface area contributed by atoms with Gasteiger partial charge in [-0.2, -0.15) is 0 Å². The Morgan fingerprint density at radius 1 is 1.07 bits per heavy atom. The number of hydrogen-bond donors (Lipinski definition) is 2. The summed E-state index contributed by atoms with van der Waals surface area (Å²) in [5.41, 5.74) is 2.89. The van der Waals surface area contributed by atoms with Crippen molar-refractivity contribution in [1.82, 2.24) is 5.32 Å². The summed E-state index contributed by atoms with van der Waals surface area (Å²) in [5.74, 6) is -0.406. The van der Waals surface area contributed by atoms with Crippen molar-refractivity contribution in [3.63, 3.8) is 0 Å². The zero-order valence-electron chi connectivity index (χ0n) is 17.6. The van der Waals surface area contributed by atoms with Gasteiger partial charge in [-0.05, 0) is 73.5 Å². The first-order valence-corrected chi connectivity index (χ1v) is 10.6. The normalized spacial score (nSPS) is 11.6. The molecule has 2 rings (SSSR count). The molecule has 0 bridgehead atoms. The molecule has 0 fully saturated rings. The summed E-state index contributed by atoms with van der Waals surface area (Å²) >= 11 is 2.21. The Balaban J connectivity index is 1.87. The molecule has 6 nitrogen and oxygen atoms in total. The van der Waals surface area contributed by atoms with Gasteiger partial charge in [0.2, 0.25) is 0 Å². The van der Waals surface area contributed by atoms with Crippen LogP contribution in [0.25, 0.3) is 0 Å². The van der Waals surface area contributed by atoms with Crippen molar-refractivity contribution in [2.24, 2.45) is 0 Å². The summed E-state index contributed by atoms with van der Waals surface area (Å²) in [6.45, 7) is 7.87. The van der Waals surface area contributed by atoms with E-state index in [1.165, 1.54) is 6.08 Å². The lowest BCUT2D eigenvalue weighted by atomic mass is 10.2. The second kappa shape index (κ2) is 11.0. The van der Waals surface area contributed by atoms with Gasteiger partial charge in [0.05, 0.1) is 5.69 Å². The molecule has 0 spiro atoms. The maximum Gasteiger partial charge on any atom is 0.407 e. The number of halogens is 1. The summed E-state index contributed by atoms with van der Waals surface area (Å²) in [6.07, 6.45) is 0.976. The van der Waals surface area contributed by atoms with Crippen molar-refractivity contribution in [1.29, 1.82) is 0 Å². The molecule has 0 aliphatic rings. The van der Waals surface area contributed by atoms with Gasteiger partial charge in [0.15, 0.2) is 0 Å².